The lowest BCUT2D eigenvalue weighted by molar-refractivity contribution is 0.0604. The first-order valence-corrected chi connectivity index (χ1v) is 10.8. The number of aryl methyl sites for hydroxylation is 1. The van der Waals surface area contributed by atoms with Crippen molar-refractivity contribution < 1.29 is 23.4 Å². The fourth-order valence-electron chi connectivity index (χ4n) is 3.89. The van der Waals surface area contributed by atoms with E-state index in [1.54, 1.807) is 30.1 Å². The van der Waals surface area contributed by atoms with Crippen LogP contribution in [-0.4, -0.2) is 62.4 Å². The molecule has 2 fully saturated rings. The van der Waals surface area contributed by atoms with Gasteiger partial charge < -0.3 is 24.8 Å². The molecule has 1 aliphatic heterocycles. The number of carbonyl (C=O) groups excluding carboxylic acids is 1. The van der Waals surface area contributed by atoms with Crippen molar-refractivity contribution in [3.05, 3.63) is 35.4 Å². The van der Waals surface area contributed by atoms with Crippen LogP contribution in [0.5, 0.6) is 0 Å². The van der Waals surface area contributed by atoms with E-state index in [9.17, 15) is 9.18 Å². The Morgan fingerprint density at radius 2 is 2.27 bits per heavy atom. The Kier molecular flexibility index (Phi) is 5.41. The van der Waals surface area contributed by atoms with E-state index in [1.807, 2.05) is 13.8 Å². The average molecular weight is 459 g/mol. The van der Waals surface area contributed by atoms with Gasteiger partial charge in [-0.15, -0.1) is 0 Å². The Bertz CT molecular complexity index is 1170. The van der Waals surface area contributed by atoms with Crippen LogP contribution in [0.3, 0.4) is 0 Å². The van der Waals surface area contributed by atoms with Gasteiger partial charge in [-0.05, 0) is 26.7 Å². The zero-order valence-corrected chi connectivity index (χ0v) is 18.6. The lowest BCUT2D eigenvalue weighted by atomic mass is 10.1. The third-order valence-corrected chi connectivity index (χ3v) is 6.06. The molecule has 4 heterocycles. The Labute approximate surface area is 189 Å². The molecule has 1 saturated heterocycles. The number of hydrogen-bond donors (Lipinski definition) is 3. The third kappa shape index (κ3) is 4.23. The summed E-state index contributed by atoms with van der Waals surface area (Å²) in [6, 6.07) is 1.65. The third-order valence-electron chi connectivity index (χ3n) is 6.06. The number of methoxy groups -OCH3 is 1. The molecule has 11 nitrogen and oxygen atoms in total. The number of fused-ring (bicyclic) bond motifs is 1. The number of anilines is 2. The van der Waals surface area contributed by atoms with Crippen molar-refractivity contribution >= 4 is 23.2 Å². The molecule has 0 bridgehead atoms. The van der Waals surface area contributed by atoms with Crippen molar-refractivity contribution in [1.29, 1.82) is 0 Å². The normalized spacial score (nSPS) is 23.6. The molecule has 1 saturated carbocycles. The van der Waals surface area contributed by atoms with Crippen LogP contribution in [0.1, 0.15) is 42.8 Å². The van der Waals surface area contributed by atoms with Gasteiger partial charge in [0.1, 0.15) is 11.6 Å². The van der Waals surface area contributed by atoms with Crippen LogP contribution >= 0.6 is 0 Å². The molecule has 1 aliphatic carbocycles. The second-order valence-electron chi connectivity index (χ2n) is 8.74. The molecule has 0 spiro atoms. The van der Waals surface area contributed by atoms with Crippen molar-refractivity contribution in [2.75, 3.05) is 19.0 Å². The highest BCUT2D eigenvalue weighted by atomic mass is 19.1. The number of H-pyrrole nitrogens is 1. The number of alkyl carbamates (subject to hydrolysis) is 1. The number of halogens is 1. The highest BCUT2D eigenvalue weighted by molar-refractivity contribution is 5.76. The van der Waals surface area contributed by atoms with Gasteiger partial charge in [-0.1, -0.05) is 0 Å². The van der Waals surface area contributed by atoms with E-state index >= 15 is 0 Å². The zero-order valence-electron chi connectivity index (χ0n) is 18.6. The summed E-state index contributed by atoms with van der Waals surface area (Å²) >= 11 is 0. The first-order chi connectivity index (χ1) is 15.9. The van der Waals surface area contributed by atoms with Gasteiger partial charge in [-0.25, -0.2) is 18.7 Å². The summed E-state index contributed by atoms with van der Waals surface area (Å²) in [4.78, 5) is 16.4. The fraction of sp³-hybridized carbons (Fsp3) is 0.524. The molecule has 0 radical (unpaired) electrons. The van der Waals surface area contributed by atoms with Gasteiger partial charge in [-0.3, -0.25) is 5.10 Å². The van der Waals surface area contributed by atoms with Crippen LogP contribution < -0.4 is 10.6 Å². The van der Waals surface area contributed by atoms with Crippen LogP contribution in [-0.2, 0) is 20.8 Å². The van der Waals surface area contributed by atoms with Crippen molar-refractivity contribution in [1.82, 2.24) is 30.1 Å². The summed E-state index contributed by atoms with van der Waals surface area (Å²) in [5.41, 5.74) is 2.73. The molecule has 33 heavy (non-hydrogen) atoms. The van der Waals surface area contributed by atoms with Gasteiger partial charge in [-0.2, -0.15) is 10.2 Å². The van der Waals surface area contributed by atoms with Gasteiger partial charge in [0, 0.05) is 36.7 Å². The summed E-state index contributed by atoms with van der Waals surface area (Å²) < 4.78 is 32.7. The molecular formula is C21H26FN7O4. The van der Waals surface area contributed by atoms with Crippen LogP contribution in [0, 0.1) is 6.92 Å². The number of hydrogen-bond acceptors (Lipinski definition) is 8. The molecular weight excluding hydrogens is 433 g/mol. The smallest absolute Gasteiger partial charge is 0.408 e. The maximum Gasteiger partial charge on any atom is 0.408 e. The van der Waals surface area contributed by atoms with Gasteiger partial charge in [0.2, 0.25) is 0 Å². The molecule has 12 heteroatoms. The van der Waals surface area contributed by atoms with E-state index < -0.39 is 24.5 Å². The predicted molar refractivity (Wildman–Crippen MR) is 115 cm³/mol. The number of aromatic nitrogens is 5. The Balaban J connectivity index is 1.27. The second kappa shape index (κ2) is 8.27. The summed E-state index contributed by atoms with van der Waals surface area (Å²) in [5, 5.41) is 17.4. The number of aromatic amines is 1. The number of carbonyl (C=O) groups is 1. The molecule has 5 rings (SSSR count). The maximum absolute atomic E-state index is 15.0. The van der Waals surface area contributed by atoms with E-state index in [0.717, 1.165) is 29.6 Å². The van der Waals surface area contributed by atoms with Crippen molar-refractivity contribution in [3.8, 4) is 0 Å². The minimum absolute atomic E-state index is 0.0318. The van der Waals surface area contributed by atoms with E-state index in [4.69, 9.17) is 14.2 Å². The van der Waals surface area contributed by atoms with Crippen LogP contribution in [0.4, 0.5) is 20.8 Å². The lowest BCUT2D eigenvalue weighted by Crippen LogP contribution is -2.39. The van der Waals surface area contributed by atoms with Gasteiger partial charge in [0.25, 0.3) is 0 Å². The summed E-state index contributed by atoms with van der Waals surface area (Å²) in [6.07, 6.45) is 1.11. The second-order valence-corrected chi connectivity index (χ2v) is 8.74. The SMILES string of the molecule is COCc1nn2ccnc(Nc3cc([C@@H]4OC[C@H](OC(=O)NC5(C)CC5)[C@H]4F)[nH]n3)c2c1C. The van der Waals surface area contributed by atoms with E-state index in [2.05, 4.69) is 30.9 Å². The summed E-state index contributed by atoms with van der Waals surface area (Å²) in [6.45, 7) is 4.22. The predicted octanol–water partition coefficient (Wildman–Crippen LogP) is 2.71. The van der Waals surface area contributed by atoms with E-state index in [0.29, 0.717) is 23.9 Å². The molecule has 176 valence electrons. The first-order valence-electron chi connectivity index (χ1n) is 10.8. The fourth-order valence-corrected chi connectivity index (χ4v) is 3.89. The minimum atomic E-state index is -1.52. The first kappa shape index (κ1) is 21.6. The largest absolute Gasteiger partial charge is 0.441 e. The molecule has 3 N–H and O–H groups in total. The minimum Gasteiger partial charge on any atom is -0.441 e. The molecule has 0 unspecified atom stereocenters. The maximum atomic E-state index is 15.0. The van der Waals surface area contributed by atoms with Crippen molar-refractivity contribution in [3.63, 3.8) is 0 Å². The molecule has 1 amide bonds. The highest BCUT2D eigenvalue weighted by Crippen LogP contribution is 2.36. The Morgan fingerprint density at radius 3 is 3.03 bits per heavy atom. The molecule has 3 aromatic heterocycles. The lowest BCUT2D eigenvalue weighted by Gasteiger charge is -2.17. The molecule has 2 aliphatic rings. The number of nitrogens with zero attached hydrogens (tertiary/aromatic N) is 4. The van der Waals surface area contributed by atoms with Gasteiger partial charge in [0.05, 0.1) is 24.6 Å². The van der Waals surface area contributed by atoms with Crippen LogP contribution in [0.25, 0.3) is 5.52 Å². The van der Waals surface area contributed by atoms with E-state index in [-0.39, 0.29) is 12.1 Å². The standard InChI is InChI=1S/C21H26FN7O4/c1-11-13(9-31-3)28-29-7-6-23-19(17(11)29)24-15-8-12(26-27-15)18-16(22)14(10-32-18)33-20(30)25-21(2)4-5-21/h6-8,14,16,18H,4-5,9-10H2,1-3H3,(H,25,30)(H2,23,24,26,27)/t14-,16+,18-/m0/s1. The zero-order chi connectivity index (χ0) is 23.2. The highest BCUT2D eigenvalue weighted by Gasteiger charge is 2.44. The monoisotopic (exact) mass is 459 g/mol. The molecule has 3 aromatic rings. The average Bonchev–Trinajstić information content (AvgIpc) is 3.08. The Hall–Kier alpha value is -3.25. The van der Waals surface area contributed by atoms with Gasteiger partial charge >= 0.3 is 6.09 Å². The molecule has 0 aromatic carbocycles. The number of ether oxygens (including phenoxy) is 3. The number of nitrogens with one attached hydrogen (secondary N) is 3. The molecule has 3 atom stereocenters. The quantitative estimate of drug-likeness (QED) is 0.492. The van der Waals surface area contributed by atoms with E-state index in [1.165, 1.54) is 0 Å². The topological polar surface area (TPSA) is 128 Å². The number of rotatable bonds is 7. The summed E-state index contributed by atoms with van der Waals surface area (Å²) in [7, 11) is 1.62. The number of amides is 1. The van der Waals surface area contributed by atoms with Crippen LogP contribution in [0.2, 0.25) is 0 Å². The van der Waals surface area contributed by atoms with Gasteiger partial charge in [0.15, 0.2) is 23.9 Å². The Morgan fingerprint density at radius 1 is 1.45 bits per heavy atom. The van der Waals surface area contributed by atoms with Crippen molar-refractivity contribution in [2.24, 2.45) is 0 Å². The summed E-state index contributed by atoms with van der Waals surface area (Å²) in [5.74, 6) is 0.998. The number of alkyl halides is 1. The van der Waals surface area contributed by atoms with Crippen LogP contribution in [0.15, 0.2) is 18.5 Å². The van der Waals surface area contributed by atoms with Crippen molar-refractivity contribution in [2.45, 2.75) is 57.2 Å².